The summed E-state index contributed by atoms with van der Waals surface area (Å²) in [6.07, 6.45) is 4.23. The number of sulfonamides is 1. The number of hydrogen-bond acceptors (Lipinski definition) is 9. The van der Waals surface area contributed by atoms with E-state index in [4.69, 9.17) is 11.5 Å². The standard InChI is InChI=1S/C29H55FN8O3S/c1-4-21(30)18-34-24(17-20(2)3)27(28(31)32)29(39)35-25-19-33-10-5-26(25)37-13-8-23(9-14-37)42(40,41)38-16-15-36-11-6-22(38)7-12-36/h17,21-28,33-34H,4-16,18-19,31-32H2,1-3H3,(H,35,39). The van der Waals surface area contributed by atoms with Crippen LogP contribution in [0.5, 0.6) is 0 Å². The Balaban J connectivity index is 1.39. The SMILES string of the molecule is CCC(F)CNC(C=C(C)C)C(C(=O)NC1CNCCC1N1CCC(S(=O)(=O)N2CCN3CCC2CC3)CC1)C(N)N. The summed E-state index contributed by atoms with van der Waals surface area (Å²) in [5, 5.41) is 9.44. The van der Waals surface area contributed by atoms with Crippen molar-refractivity contribution in [3.05, 3.63) is 11.6 Å². The van der Waals surface area contributed by atoms with E-state index in [1.54, 1.807) is 6.92 Å². The first-order chi connectivity index (χ1) is 20.0. The fourth-order valence-electron chi connectivity index (χ4n) is 7.23. The zero-order valence-corrected chi connectivity index (χ0v) is 26.6. The molecule has 5 atom stereocenters. The van der Waals surface area contributed by atoms with Gasteiger partial charge in [-0.2, -0.15) is 4.31 Å². The number of alkyl halides is 1. The number of hydrogen-bond donors (Lipinski definition) is 5. The van der Waals surface area contributed by atoms with Crippen LogP contribution < -0.4 is 27.4 Å². The number of piperidine rings is 3. The van der Waals surface area contributed by atoms with Crippen LogP contribution >= 0.6 is 0 Å². The molecule has 5 rings (SSSR count). The minimum atomic E-state index is -3.35. The zero-order valence-electron chi connectivity index (χ0n) is 25.8. The van der Waals surface area contributed by atoms with Gasteiger partial charge in [0.15, 0.2) is 0 Å². The highest BCUT2D eigenvalue weighted by Crippen LogP contribution is 2.30. The van der Waals surface area contributed by atoms with E-state index in [2.05, 4.69) is 25.8 Å². The lowest BCUT2D eigenvalue weighted by molar-refractivity contribution is -0.127. The maximum absolute atomic E-state index is 14.1. The third-order valence-corrected chi connectivity index (χ3v) is 12.2. The normalized spacial score (nSPS) is 30.5. The summed E-state index contributed by atoms with van der Waals surface area (Å²) in [5.41, 5.74) is 13.3. The topological polar surface area (TPSA) is 149 Å². The quantitative estimate of drug-likeness (QED) is 0.151. The van der Waals surface area contributed by atoms with E-state index in [0.717, 1.165) is 51.0 Å². The summed E-state index contributed by atoms with van der Waals surface area (Å²) in [5.74, 6) is -1.03. The number of fused-ring (bicyclic) bond motifs is 4. The van der Waals surface area contributed by atoms with Crippen molar-refractivity contribution in [2.45, 2.75) is 101 Å². The lowest BCUT2D eigenvalue weighted by Crippen LogP contribution is -2.64. The molecular formula is C29H55FN8O3S. The third kappa shape index (κ3) is 8.29. The number of halogens is 1. The second-order valence-electron chi connectivity index (χ2n) is 12.9. The van der Waals surface area contributed by atoms with Gasteiger partial charge >= 0.3 is 0 Å². The number of nitrogens with zero attached hydrogens (tertiary/aromatic N) is 3. The van der Waals surface area contributed by atoms with Crippen LogP contribution in [-0.2, 0) is 14.8 Å². The molecule has 0 spiro atoms. The van der Waals surface area contributed by atoms with Gasteiger partial charge in [0.05, 0.1) is 23.4 Å². The van der Waals surface area contributed by atoms with Crippen LogP contribution in [0, 0.1) is 5.92 Å². The van der Waals surface area contributed by atoms with Crippen LogP contribution in [0.3, 0.4) is 0 Å². The Morgan fingerprint density at radius 1 is 1.05 bits per heavy atom. The van der Waals surface area contributed by atoms with E-state index in [9.17, 15) is 17.6 Å². The van der Waals surface area contributed by atoms with Crippen LogP contribution in [0.4, 0.5) is 4.39 Å². The number of carbonyl (C=O) groups excluding carboxylic acids is 1. The molecule has 0 saturated carbocycles. The number of likely N-dealkylation sites (tertiary alicyclic amines) is 1. The molecule has 1 amide bonds. The van der Waals surface area contributed by atoms with Crippen molar-refractivity contribution in [1.82, 2.24) is 30.1 Å². The molecular weight excluding hydrogens is 559 g/mol. The molecule has 5 heterocycles. The van der Waals surface area contributed by atoms with Crippen LogP contribution in [-0.4, -0.2) is 129 Å². The molecule has 13 heteroatoms. The molecule has 5 fully saturated rings. The summed E-state index contributed by atoms with van der Waals surface area (Å²) in [7, 11) is -3.35. The van der Waals surface area contributed by atoms with Gasteiger partial charge in [0.25, 0.3) is 0 Å². The predicted octanol–water partition coefficient (Wildman–Crippen LogP) is -0.0605. The van der Waals surface area contributed by atoms with Gasteiger partial charge in [-0.1, -0.05) is 18.6 Å². The average molecular weight is 615 g/mol. The Hall–Kier alpha value is -1.19. The molecule has 7 N–H and O–H groups in total. The molecule has 5 aliphatic rings. The lowest BCUT2D eigenvalue weighted by atomic mass is 9.91. The highest BCUT2D eigenvalue weighted by atomic mass is 32.2. The number of allylic oxidation sites excluding steroid dienone is 1. The number of nitrogens with one attached hydrogen (secondary N) is 3. The monoisotopic (exact) mass is 614 g/mol. The van der Waals surface area contributed by atoms with Gasteiger partial charge in [0, 0.05) is 44.3 Å². The van der Waals surface area contributed by atoms with E-state index in [-0.39, 0.29) is 35.8 Å². The number of rotatable bonds is 12. The summed E-state index contributed by atoms with van der Waals surface area (Å²) in [4.78, 5) is 18.4. The second kappa shape index (κ2) is 15.2. The fourth-order valence-corrected chi connectivity index (χ4v) is 9.38. The third-order valence-electron chi connectivity index (χ3n) is 9.70. The van der Waals surface area contributed by atoms with Crippen molar-refractivity contribution < 1.29 is 17.6 Å². The molecule has 242 valence electrons. The molecule has 0 radical (unpaired) electrons. The van der Waals surface area contributed by atoms with E-state index in [1.807, 2.05) is 24.2 Å². The Kier molecular flexibility index (Phi) is 12.2. The molecule has 0 aromatic carbocycles. The summed E-state index contributed by atoms with van der Waals surface area (Å²) in [6, 6.07) is -0.449. The van der Waals surface area contributed by atoms with Crippen molar-refractivity contribution >= 4 is 15.9 Å². The average Bonchev–Trinajstić information content (AvgIpc) is 3.30. The van der Waals surface area contributed by atoms with Crippen molar-refractivity contribution in [3.63, 3.8) is 0 Å². The molecule has 5 saturated heterocycles. The highest BCUT2D eigenvalue weighted by Gasteiger charge is 2.43. The van der Waals surface area contributed by atoms with Crippen LogP contribution in [0.25, 0.3) is 0 Å². The Labute approximate surface area is 252 Å². The summed E-state index contributed by atoms with van der Waals surface area (Å²) < 4.78 is 43.4. The first-order valence-electron chi connectivity index (χ1n) is 16.0. The Morgan fingerprint density at radius 3 is 2.36 bits per heavy atom. The van der Waals surface area contributed by atoms with Gasteiger partial charge in [0.1, 0.15) is 6.17 Å². The van der Waals surface area contributed by atoms with Crippen molar-refractivity contribution in [1.29, 1.82) is 0 Å². The smallest absolute Gasteiger partial charge is 0.228 e. The molecule has 0 aromatic heterocycles. The van der Waals surface area contributed by atoms with Crippen LogP contribution in [0.2, 0.25) is 0 Å². The fraction of sp³-hybridized carbons (Fsp3) is 0.897. The Bertz CT molecular complexity index is 1010. The first kappa shape index (κ1) is 33.7. The van der Waals surface area contributed by atoms with E-state index < -0.39 is 34.3 Å². The highest BCUT2D eigenvalue weighted by molar-refractivity contribution is 7.89. The van der Waals surface area contributed by atoms with Crippen LogP contribution in [0.1, 0.15) is 59.3 Å². The van der Waals surface area contributed by atoms with Gasteiger partial charge in [0.2, 0.25) is 15.9 Å². The molecule has 0 aromatic rings. The maximum Gasteiger partial charge on any atom is 0.228 e. The van der Waals surface area contributed by atoms with Gasteiger partial charge < -0.3 is 32.3 Å². The second-order valence-corrected chi connectivity index (χ2v) is 15.1. The molecule has 0 aliphatic carbocycles. The predicted molar refractivity (Wildman–Crippen MR) is 165 cm³/mol. The van der Waals surface area contributed by atoms with Gasteiger partial charge in [-0.3, -0.25) is 9.69 Å². The minimum Gasteiger partial charge on any atom is -0.350 e. The molecule has 5 aliphatic heterocycles. The lowest BCUT2D eigenvalue weighted by Gasteiger charge is -2.44. The Morgan fingerprint density at radius 2 is 1.74 bits per heavy atom. The van der Waals surface area contributed by atoms with E-state index in [1.165, 1.54) is 0 Å². The molecule has 2 bridgehead atoms. The van der Waals surface area contributed by atoms with Gasteiger partial charge in [-0.25, -0.2) is 12.8 Å². The van der Waals surface area contributed by atoms with Crippen LogP contribution in [0.15, 0.2) is 11.6 Å². The summed E-state index contributed by atoms with van der Waals surface area (Å²) >= 11 is 0. The first-order valence-corrected chi connectivity index (χ1v) is 17.5. The molecule has 11 nitrogen and oxygen atoms in total. The summed E-state index contributed by atoms with van der Waals surface area (Å²) in [6.45, 7) is 12.0. The van der Waals surface area contributed by atoms with Gasteiger partial charge in [-0.15, -0.1) is 0 Å². The molecule has 42 heavy (non-hydrogen) atoms. The molecule has 5 unspecified atom stereocenters. The number of carbonyl (C=O) groups is 1. The minimum absolute atomic E-state index is 0.0836. The maximum atomic E-state index is 14.1. The van der Waals surface area contributed by atoms with Gasteiger partial charge in [-0.05, 0) is 85.1 Å². The number of nitrogens with two attached hydrogens (primary N) is 2. The van der Waals surface area contributed by atoms with E-state index >= 15 is 0 Å². The van der Waals surface area contributed by atoms with Crippen molar-refractivity contribution in [2.24, 2.45) is 17.4 Å². The largest absolute Gasteiger partial charge is 0.350 e. The van der Waals surface area contributed by atoms with E-state index in [0.29, 0.717) is 45.4 Å². The van der Waals surface area contributed by atoms with Crippen molar-refractivity contribution in [2.75, 3.05) is 58.9 Å². The van der Waals surface area contributed by atoms with Crippen molar-refractivity contribution in [3.8, 4) is 0 Å². The zero-order chi connectivity index (χ0) is 30.4. The number of amides is 1.